The quantitative estimate of drug-likeness (QED) is 0.767. The Morgan fingerprint density at radius 1 is 1.24 bits per heavy atom. The number of piperidine rings is 1. The van der Waals surface area contributed by atoms with Crippen LogP contribution in [-0.4, -0.2) is 24.0 Å². The molecule has 1 spiro atoms. The molecule has 5 heteroatoms. The molecule has 2 fully saturated rings. The van der Waals surface area contributed by atoms with Crippen LogP contribution in [0.25, 0.3) is 0 Å². The van der Waals surface area contributed by atoms with Crippen LogP contribution in [0.2, 0.25) is 0 Å². The first-order chi connectivity index (χ1) is 7.94. The van der Waals surface area contributed by atoms with Gasteiger partial charge >= 0.3 is 0 Å². The predicted molar refractivity (Wildman–Crippen MR) is 65.0 cm³/mol. The summed E-state index contributed by atoms with van der Waals surface area (Å²) in [7, 11) is 0. The van der Waals surface area contributed by atoms with Crippen molar-refractivity contribution in [2.45, 2.75) is 39.0 Å². The molecule has 94 valence electrons. The minimum Gasteiger partial charge on any atom is -0.348 e. The lowest BCUT2D eigenvalue weighted by atomic mass is 9.93. The van der Waals surface area contributed by atoms with Crippen LogP contribution in [0, 0.1) is 19.3 Å². The highest BCUT2D eigenvalue weighted by atomic mass is 32.1. The van der Waals surface area contributed by atoms with Gasteiger partial charge in [-0.3, -0.25) is 0 Å². The third-order valence-electron chi connectivity index (χ3n) is 4.22. The van der Waals surface area contributed by atoms with Crippen molar-refractivity contribution in [3.8, 4) is 0 Å². The number of thiazole rings is 1. The van der Waals surface area contributed by atoms with E-state index in [0.29, 0.717) is 12.8 Å². The van der Waals surface area contributed by atoms with Crippen LogP contribution in [0.3, 0.4) is 0 Å². The number of halogens is 2. The van der Waals surface area contributed by atoms with E-state index in [0.717, 1.165) is 23.9 Å². The molecule has 1 aliphatic carbocycles. The summed E-state index contributed by atoms with van der Waals surface area (Å²) in [5.41, 5.74) is 0.396. The fourth-order valence-corrected chi connectivity index (χ4v) is 3.60. The second kappa shape index (κ2) is 3.40. The highest BCUT2D eigenvalue weighted by Gasteiger charge is 2.70. The number of hydrogen-bond donors (Lipinski definition) is 0. The molecule has 1 aromatic heterocycles. The van der Waals surface area contributed by atoms with Gasteiger partial charge in [-0.2, -0.15) is 0 Å². The van der Waals surface area contributed by atoms with E-state index >= 15 is 0 Å². The average Bonchev–Trinajstić information content (AvgIpc) is 2.61. The van der Waals surface area contributed by atoms with E-state index in [1.165, 1.54) is 4.88 Å². The normalized spacial score (nSPS) is 25.3. The van der Waals surface area contributed by atoms with Crippen LogP contribution < -0.4 is 4.90 Å². The molecule has 0 N–H and O–H groups in total. The second-order valence-corrected chi connectivity index (χ2v) is 6.47. The largest absolute Gasteiger partial charge is 0.348 e. The third-order valence-corrected chi connectivity index (χ3v) is 5.35. The van der Waals surface area contributed by atoms with Gasteiger partial charge in [-0.15, -0.1) is 11.3 Å². The molecule has 3 rings (SSSR count). The van der Waals surface area contributed by atoms with Crippen LogP contribution in [-0.2, 0) is 0 Å². The molecule has 0 atom stereocenters. The van der Waals surface area contributed by atoms with Crippen molar-refractivity contribution in [3.63, 3.8) is 0 Å². The van der Waals surface area contributed by atoms with Gasteiger partial charge in [0.15, 0.2) is 5.13 Å². The first-order valence-corrected chi connectivity index (χ1v) is 6.82. The molecule has 2 aliphatic rings. The van der Waals surface area contributed by atoms with Crippen molar-refractivity contribution in [2.24, 2.45) is 5.41 Å². The lowest BCUT2D eigenvalue weighted by molar-refractivity contribution is 0.0537. The van der Waals surface area contributed by atoms with E-state index in [2.05, 4.69) is 16.8 Å². The molecule has 0 amide bonds. The summed E-state index contributed by atoms with van der Waals surface area (Å²) in [6.45, 7) is 5.50. The first-order valence-electron chi connectivity index (χ1n) is 6.00. The van der Waals surface area contributed by atoms with Gasteiger partial charge in [0.2, 0.25) is 0 Å². The van der Waals surface area contributed by atoms with Crippen molar-refractivity contribution in [2.75, 3.05) is 18.0 Å². The van der Waals surface area contributed by atoms with Crippen molar-refractivity contribution in [3.05, 3.63) is 10.6 Å². The molecule has 1 saturated heterocycles. The number of aromatic nitrogens is 1. The lowest BCUT2D eigenvalue weighted by Crippen LogP contribution is -2.36. The first kappa shape index (κ1) is 11.4. The molecule has 2 heterocycles. The lowest BCUT2D eigenvalue weighted by Gasteiger charge is -2.31. The van der Waals surface area contributed by atoms with E-state index in [1.807, 2.05) is 6.92 Å². The molecule has 1 aromatic rings. The number of aryl methyl sites for hydroxylation is 2. The number of anilines is 1. The van der Waals surface area contributed by atoms with Crippen molar-refractivity contribution in [1.82, 2.24) is 4.98 Å². The maximum absolute atomic E-state index is 13.2. The van der Waals surface area contributed by atoms with Gasteiger partial charge in [-0.1, -0.05) is 0 Å². The summed E-state index contributed by atoms with van der Waals surface area (Å²) in [6.07, 6.45) is 1.32. The SMILES string of the molecule is Cc1nc(N2CCC3(CC2)CC3(F)F)sc1C. The number of rotatable bonds is 1. The van der Waals surface area contributed by atoms with Gasteiger partial charge in [0.25, 0.3) is 5.92 Å². The van der Waals surface area contributed by atoms with Crippen molar-refractivity contribution >= 4 is 16.5 Å². The number of hydrogen-bond acceptors (Lipinski definition) is 3. The maximum Gasteiger partial charge on any atom is 0.254 e. The topological polar surface area (TPSA) is 16.1 Å². The Morgan fingerprint density at radius 3 is 2.24 bits per heavy atom. The Kier molecular flexibility index (Phi) is 2.28. The highest BCUT2D eigenvalue weighted by Crippen LogP contribution is 2.65. The summed E-state index contributed by atoms with van der Waals surface area (Å²) in [6, 6.07) is 0. The molecular weight excluding hydrogens is 242 g/mol. The Labute approximate surface area is 104 Å². The zero-order chi connectivity index (χ0) is 12.3. The maximum atomic E-state index is 13.2. The molecule has 2 nitrogen and oxygen atoms in total. The van der Waals surface area contributed by atoms with E-state index in [-0.39, 0.29) is 6.42 Å². The Hall–Kier alpha value is -0.710. The average molecular weight is 258 g/mol. The van der Waals surface area contributed by atoms with E-state index in [4.69, 9.17) is 0 Å². The fraction of sp³-hybridized carbons (Fsp3) is 0.750. The summed E-state index contributed by atoms with van der Waals surface area (Å²) >= 11 is 1.67. The summed E-state index contributed by atoms with van der Waals surface area (Å²) in [5, 5.41) is 0.999. The summed E-state index contributed by atoms with van der Waals surface area (Å²) in [4.78, 5) is 7.87. The van der Waals surface area contributed by atoms with Crippen LogP contribution in [0.15, 0.2) is 0 Å². The molecular formula is C12H16F2N2S. The minimum atomic E-state index is -2.40. The van der Waals surface area contributed by atoms with Gasteiger partial charge < -0.3 is 4.90 Å². The van der Waals surface area contributed by atoms with E-state index in [1.54, 1.807) is 11.3 Å². The highest BCUT2D eigenvalue weighted by molar-refractivity contribution is 7.15. The standard InChI is InChI=1S/C12H16F2N2S/c1-8-9(2)17-10(15-8)16-5-3-11(4-6-16)7-12(11,13)14/h3-7H2,1-2H3. The Bertz CT molecular complexity index is 428. The fourth-order valence-electron chi connectivity index (χ4n) is 2.64. The van der Waals surface area contributed by atoms with Crippen LogP contribution >= 0.6 is 11.3 Å². The number of nitrogens with zero attached hydrogens (tertiary/aromatic N) is 2. The second-order valence-electron chi connectivity index (χ2n) is 5.29. The Morgan fingerprint density at radius 2 is 1.82 bits per heavy atom. The molecule has 0 bridgehead atoms. The van der Waals surface area contributed by atoms with Gasteiger partial charge in [0, 0.05) is 29.8 Å². The summed E-state index contributed by atoms with van der Waals surface area (Å²) in [5.74, 6) is -2.40. The molecule has 1 saturated carbocycles. The molecule has 0 aromatic carbocycles. The zero-order valence-corrected chi connectivity index (χ0v) is 10.9. The van der Waals surface area contributed by atoms with Gasteiger partial charge in [-0.05, 0) is 26.7 Å². The monoisotopic (exact) mass is 258 g/mol. The van der Waals surface area contributed by atoms with Gasteiger partial charge in [0.05, 0.1) is 5.69 Å². The van der Waals surface area contributed by atoms with Gasteiger partial charge in [-0.25, -0.2) is 13.8 Å². The van der Waals surface area contributed by atoms with Crippen LogP contribution in [0.4, 0.5) is 13.9 Å². The number of alkyl halides is 2. The zero-order valence-electron chi connectivity index (χ0n) is 10.1. The van der Waals surface area contributed by atoms with E-state index in [9.17, 15) is 8.78 Å². The molecule has 0 radical (unpaired) electrons. The van der Waals surface area contributed by atoms with Crippen molar-refractivity contribution in [1.29, 1.82) is 0 Å². The van der Waals surface area contributed by atoms with Gasteiger partial charge in [0.1, 0.15) is 0 Å². The molecule has 0 unspecified atom stereocenters. The minimum absolute atomic E-state index is 0.101. The predicted octanol–water partition coefficient (Wildman–Crippen LogP) is 3.39. The van der Waals surface area contributed by atoms with Crippen LogP contribution in [0.5, 0.6) is 0 Å². The smallest absolute Gasteiger partial charge is 0.254 e. The van der Waals surface area contributed by atoms with E-state index < -0.39 is 11.3 Å². The molecule has 17 heavy (non-hydrogen) atoms. The summed E-state index contributed by atoms with van der Waals surface area (Å²) < 4.78 is 26.5. The Balaban J connectivity index is 1.70. The van der Waals surface area contributed by atoms with Crippen LogP contribution in [0.1, 0.15) is 29.8 Å². The third kappa shape index (κ3) is 1.66. The van der Waals surface area contributed by atoms with Crippen molar-refractivity contribution < 1.29 is 8.78 Å². The molecule has 1 aliphatic heterocycles.